The Hall–Kier alpha value is -1.07. The zero-order chi connectivity index (χ0) is 14.8. The molecule has 0 heterocycles. The van der Waals surface area contributed by atoms with Gasteiger partial charge in [-0.05, 0) is 42.4 Å². The topological polar surface area (TPSA) is 72.2 Å². The summed E-state index contributed by atoms with van der Waals surface area (Å²) in [4.78, 5) is 0. The molecule has 0 aliphatic heterocycles. The van der Waals surface area contributed by atoms with Gasteiger partial charge in [-0.3, -0.25) is 0 Å². The van der Waals surface area contributed by atoms with Crippen molar-refractivity contribution in [2.75, 3.05) is 5.73 Å². The van der Waals surface area contributed by atoms with E-state index in [2.05, 4.69) is 18.6 Å². The molecule has 0 radical (unpaired) electrons. The van der Waals surface area contributed by atoms with E-state index >= 15 is 0 Å². The van der Waals surface area contributed by atoms with Gasteiger partial charge in [-0.15, -0.1) is 0 Å². The number of nitrogen functional groups attached to an aromatic ring is 1. The lowest BCUT2D eigenvalue weighted by Crippen LogP contribution is -2.41. The largest absolute Gasteiger partial charge is 0.399 e. The number of nitrogens with one attached hydrogen (secondary N) is 1. The molecule has 1 saturated carbocycles. The summed E-state index contributed by atoms with van der Waals surface area (Å²) in [5, 5.41) is 0. The Labute approximate surface area is 121 Å². The summed E-state index contributed by atoms with van der Waals surface area (Å²) in [6, 6.07) is 7.10. The minimum absolute atomic E-state index is 0.00499. The molecule has 1 unspecified atom stereocenters. The van der Waals surface area contributed by atoms with Crippen LogP contribution in [0.15, 0.2) is 24.3 Å². The van der Waals surface area contributed by atoms with Crippen molar-refractivity contribution in [2.45, 2.75) is 51.3 Å². The molecule has 0 spiro atoms. The summed E-state index contributed by atoms with van der Waals surface area (Å²) in [7, 11) is -3.31. The molecular formula is C15H24N2O2S. The summed E-state index contributed by atoms with van der Waals surface area (Å²) in [5.41, 5.74) is 7.23. The van der Waals surface area contributed by atoms with Crippen LogP contribution in [0.1, 0.15) is 45.1 Å². The van der Waals surface area contributed by atoms with Gasteiger partial charge < -0.3 is 5.73 Å². The number of hydrogen-bond acceptors (Lipinski definition) is 3. The first-order valence-corrected chi connectivity index (χ1v) is 8.75. The van der Waals surface area contributed by atoms with Crippen LogP contribution in [0.4, 0.5) is 5.69 Å². The Balaban J connectivity index is 2.01. The minimum atomic E-state index is -3.31. The van der Waals surface area contributed by atoms with Crippen LogP contribution in [0.3, 0.4) is 0 Å². The lowest BCUT2D eigenvalue weighted by molar-refractivity contribution is 0.212. The first kappa shape index (κ1) is 15.3. The average Bonchev–Trinajstić information content (AvgIpc) is 2.25. The molecule has 5 heteroatoms. The van der Waals surface area contributed by atoms with E-state index in [9.17, 15) is 8.42 Å². The molecule has 0 bridgehead atoms. The van der Waals surface area contributed by atoms with E-state index in [0.29, 0.717) is 5.69 Å². The third kappa shape index (κ3) is 4.49. The normalized spacial score (nSPS) is 22.6. The summed E-state index contributed by atoms with van der Waals surface area (Å²) in [6.45, 7) is 4.40. The molecule has 0 amide bonds. The molecule has 112 valence electrons. The summed E-state index contributed by atoms with van der Waals surface area (Å²) in [6.07, 6.45) is 4.08. The zero-order valence-electron chi connectivity index (χ0n) is 12.2. The van der Waals surface area contributed by atoms with Gasteiger partial charge in [0.1, 0.15) is 0 Å². The monoisotopic (exact) mass is 296 g/mol. The molecule has 3 N–H and O–H groups in total. The van der Waals surface area contributed by atoms with Gasteiger partial charge in [0.15, 0.2) is 0 Å². The first-order chi connectivity index (χ1) is 9.26. The van der Waals surface area contributed by atoms with Crippen LogP contribution in [-0.2, 0) is 15.8 Å². The van der Waals surface area contributed by atoms with E-state index in [1.165, 1.54) is 6.42 Å². The van der Waals surface area contributed by atoms with Crippen molar-refractivity contribution in [3.63, 3.8) is 0 Å². The van der Waals surface area contributed by atoms with Crippen LogP contribution in [0.25, 0.3) is 0 Å². The van der Waals surface area contributed by atoms with Gasteiger partial charge in [0, 0.05) is 11.7 Å². The molecule has 0 saturated heterocycles. The van der Waals surface area contributed by atoms with Crippen LogP contribution in [0.5, 0.6) is 0 Å². The number of benzene rings is 1. The molecule has 2 rings (SSSR count). The number of sulfonamides is 1. The maximum atomic E-state index is 12.2. The quantitative estimate of drug-likeness (QED) is 0.839. The minimum Gasteiger partial charge on any atom is -0.399 e. The van der Waals surface area contributed by atoms with Gasteiger partial charge >= 0.3 is 0 Å². The molecule has 20 heavy (non-hydrogen) atoms. The molecule has 4 nitrogen and oxygen atoms in total. The Morgan fingerprint density at radius 1 is 1.40 bits per heavy atom. The lowest BCUT2D eigenvalue weighted by atomic mass is 9.75. The number of hydrogen-bond donors (Lipinski definition) is 2. The fourth-order valence-corrected chi connectivity index (χ4v) is 4.41. The van der Waals surface area contributed by atoms with Crippen LogP contribution in [0.2, 0.25) is 0 Å². The van der Waals surface area contributed by atoms with E-state index < -0.39 is 10.0 Å². The van der Waals surface area contributed by atoms with Crippen molar-refractivity contribution in [3.8, 4) is 0 Å². The molecule has 1 aromatic rings. The Morgan fingerprint density at radius 3 is 2.80 bits per heavy atom. The second-order valence-corrected chi connectivity index (χ2v) is 8.33. The molecule has 1 aromatic carbocycles. The molecule has 1 fully saturated rings. The lowest BCUT2D eigenvalue weighted by Gasteiger charge is -2.35. The van der Waals surface area contributed by atoms with Crippen molar-refractivity contribution < 1.29 is 8.42 Å². The number of anilines is 1. The van der Waals surface area contributed by atoms with Gasteiger partial charge in [0.25, 0.3) is 0 Å². The van der Waals surface area contributed by atoms with E-state index in [1.54, 1.807) is 24.3 Å². The van der Waals surface area contributed by atoms with E-state index in [1.807, 2.05) is 0 Å². The third-order valence-electron chi connectivity index (χ3n) is 3.86. The van der Waals surface area contributed by atoms with E-state index in [-0.39, 0.29) is 17.2 Å². The van der Waals surface area contributed by atoms with Crippen molar-refractivity contribution in [2.24, 2.45) is 5.41 Å². The average molecular weight is 296 g/mol. The van der Waals surface area contributed by atoms with Gasteiger partial charge in [-0.25, -0.2) is 13.1 Å². The summed E-state index contributed by atoms with van der Waals surface area (Å²) < 4.78 is 27.3. The fraction of sp³-hybridized carbons (Fsp3) is 0.600. The van der Waals surface area contributed by atoms with Gasteiger partial charge in [0.05, 0.1) is 5.75 Å². The molecule has 1 aliphatic carbocycles. The highest BCUT2D eigenvalue weighted by molar-refractivity contribution is 7.88. The predicted molar refractivity (Wildman–Crippen MR) is 82.7 cm³/mol. The second kappa shape index (κ2) is 5.74. The van der Waals surface area contributed by atoms with Crippen molar-refractivity contribution in [1.82, 2.24) is 4.72 Å². The van der Waals surface area contributed by atoms with Crippen LogP contribution in [0, 0.1) is 5.41 Å². The Kier molecular flexibility index (Phi) is 4.39. The van der Waals surface area contributed by atoms with Gasteiger partial charge in [0.2, 0.25) is 10.0 Å². The smallest absolute Gasteiger partial charge is 0.216 e. The first-order valence-electron chi connectivity index (χ1n) is 7.10. The van der Waals surface area contributed by atoms with Crippen molar-refractivity contribution >= 4 is 15.7 Å². The highest BCUT2D eigenvalue weighted by Crippen LogP contribution is 2.35. The molecule has 0 aromatic heterocycles. The number of rotatable bonds is 4. The Morgan fingerprint density at radius 2 is 2.15 bits per heavy atom. The maximum absolute atomic E-state index is 12.2. The standard InChI is InChI=1S/C15H24N2O2S/c1-15(2)8-4-7-14(10-15)17-20(18,19)11-12-5-3-6-13(16)9-12/h3,5-6,9,14,17H,4,7-8,10-11,16H2,1-2H3. The molecule has 1 atom stereocenters. The SMILES string of the molecule is CC1(C)CCCC(NS(=O)(=O)Cc2cccc(N)c2)C1. The highest BCUT2D eigenvalue weighted by Gasteiger charge is 2.30. The Bertz CT molecular complexity index is 567. The van der Waals surface area contributed by atoms with Crippen molar-refractivity contribution in [1.29, 1.82) is 0 Å². The van der Waals surface area contributed by atoms with Crippen LogP contribution in [-0.4, -0.2) is 14.5 Å². The third-order valence-corrected chi connectivity index (χ3v) is 5.26. The molecular weight excluding hydrogens is 272 g/mol. The van der Waals surface area contributed by atoms with E-state index in [0.717, 1.165) is 24.8 Å². The summed E-state index contributed by atoms with van der Waals surface area (Å²) in [5.74, 6) is -0.00499. The van der Waals surface area contributed by atoms with Gasteiger partial charge in [-0.1, -0.05) is 32.4 Å². The highest BCUT2D eigenvalue weighted by atomic mass is 32.2. The van der Waals surface area contributed by atoms with Gasteiger partial charge in [-0.2, -0.15) is 0 Å². The van der Waals surface area contributed by atoms with Crippen LogP contribution >= 0.6 is 0 Å². The fourth-order valence-electron chi connectivity index (χ4n) is 3.00. The summed E-state index contributed by atoms with van der Waals surface area (Å²) >= 11 is 0. The van der Waals surface area contributed by atoms with Crippen LogP contribution < -0.4 is 10.5 Å². The zero-order valence-corrected chi connectivity index (χ0v) is 13.0. The van der Waals surface area contributed by atoms with E-state index in [4.69, 9.17) is 5.73 Å². The second-order valence-electron chi connectivity index (χ2n) is 6.58. The number of nitrogens with two attached hydrogens (primary N) is 1. The van der Waals surface area contributed by atoms with Crippen molar-refractivity contribution in [3.05, 3.63) is 29.8 Å². The predicted octanol–water partition coefficient (Wildman–Crippen LogP) is 2.66. The maximum Gasteiger partial charge on any atom is 0.216 e. The molecule has 1 aliphatic rings.